The fraction of sp³-hybridized carbons (Fsp3) is 0.238. The average molecular weight is 422 g/mol. The second kappa shape index (κ2) is 7.42. The highest BCUT2D eigenvalue weighted by molar-refractivity contribution is 7.71. The molecule has 0 saturated carbocycles. The highest BCUT2D eigenvalue weighted by atomic mass is 32.1. The van der Waals surface area contributed by atoms with Crippen molar-refractivity contribution in [2.45, 2.75) is 25.4 Å². The van der Waals surface area contributed by atoms with E-state index in [0.717, 1.165) is 16.5 Å². The number of aromatic nitrogens is 2. The number of nitrogens with one attached hydrogen (secondary N) is 2. The Kier molecular flexibility index (Phi) is 4.59. The second-order valence-electron chi connectivity index (χ2n) is 7.13. The van der Waals surface area contributed by atoms with Crippen LogP contribution in [0.3, 0.4) is 0 Å². The van der Waals surface area contributed by atoms with Gasteiger partial charge in [-0.2, -0.15) is 0 Å². The molecule has 2 N–H and O–H groups in total. The van der Waals surface area contributed by atoms with Crippen LogP contribution < -0.4 is 20.1 Å². The summed E-state index contributed by atoms with van der Waals surface area (Å²) < 4.78 is 12.3. The molecule has 1 unspecified atom stereocenters. The van der Waals surface area contributed by atoms with Gasteiger partial charge >= 0.3 is 0 Å². The Balaban J connectivity index is 1.22. The Labute approximate surface area is 176 Å². The smallest absolute Gasteiger partial charge is 0.257 e. The number of hydrogen-bond acceptors (Lipinski definition) is 7. The van der Waals surface area contributed by atoms with Gasteiger partial charge in [-0.1, -0.05) is 18.2 Å². The molecule has 0 fully saturated rings. The largest absolute Gasteiger partial charge is 0.454 e. The quantitative estimate of drug-likeness (QED) is 0.611. The van der Waals surface area contributed by atoms with Crippen molar-refractivity contribution in [1.29, 1.82) is 0 Å². The number of nitrogens with zero attached hydrogens (tertiary/aromatic N) is 2. The summed E-state index contributed by atoms with van der Waals surface area (Å²) in [6.07, 6.45) is 0.567. The number of rotatable bonds is 5. The molecule has 3 aromatic rings. The van der Waals surface area contributed by atoms with Crippen LogP contribution in [0.1, 0.15) is 23.2 Å². The fourth-order valence-electron chi connectivity index (χ4n) is 3.68. The average Bonchev–Trinajstić information content (AvgIpc) is 3.35. The molecular weight excluding hydrogens is 404 g/mol. The van der Waals surface area contributed by atoms with Gasteiger partial charge in [0.25, 0.3) is 5.91 Å². The summed E-state index contributed by atoms with van der Waals surface area (Å²) >= 11 is 5.29. The van der Waals surface area contributed by atoms with E-state index in [0.29, 0.717) is 30.3 Å². The zero-order valence-electron chi connectivity index (χ0n) is 15.9. The molecule has 3 heterocycles. The van der Waals surface area contributed by atoms with Gasteiger partial charge < -0.3 is 20.1 Å². The van der Waals surface area contributed by atoms with E-state index in [2.05, 4.69) is 15.6 Å². The van der Waals surface area contributed by atoms with Gasteiger partial charge in [0.2, 0.25) is 17.5 Å². The molecule has 0 saturated heterocycles. The lowest BCUT2D eigenvalue weighted by Gasteiger charge is -2.10. The molecule has 152 valence electrons. The first-order valence-corrected chi connectivity index (χ1v) is 9.99. The minimum atomic E-state index is -0.518. The molecule has 30 heavy (non-hydrogen) atoms. The molecule has 1 aromatic heterocycles. The van der Waals surface area contributed by atoms with Crippen LogP contribution in [0.5, 0.6) is 11.5 Å². The van der Waals surface area contributed by atoms with E-state index in [1.165, 1.54) is 4.57 Å². The highest BCUT2D eigenvalue weighted by Gasteiger charge is 2.32. The summed E-state index contributed by atoms with van der Waals surface area (Å²) in [5.41, 5.74) is 1.65. The molecular formula is C21H18N4O4S. The lowest BCUT2D eigenvalue weighted by atomic mass is 10.1. The SMILES string of the molecule is O=C(CCC1Nc2c3ccccc3nc(=S)n2C1=O)NCc1ccc2c(c1)OCO2. The van der Waals surface area contributed by atoms with Crippen molar-refractivity contribution in [3.8, 4) is 11.5 Å². The standard InChI is InChI=1S/C21H18N4O4S/c26-18(22-10-12-5-7-16-17(9-12)29-11-28-16)8-6-15-20(27)25-19(23-15)13-3-1-2-4-14(13)24-21(25)30/h1-5,7,9,15,23H,6,8,10-11H2,(H,22,26). The number of ether oxygens (including phenoxy) is 2. The number of hydrogen-bond donors (Lipinski definition) is 2. The van der Waals surface area contributed by atoms with Crippen LogP contribution in [-0.4, -0.2) is 34.2 Å². The normalized spacial score (nSPS) is 16.4. The number of fused-ring (bicyclic) bond motifs is 4. The third kappa shape index (κ3) is 3.26. The molecule has 2 aromatic carbocycles. The third-order valence-electron chi connectivity index (χ3n) is 5.21. The predicted molar refractivity (Wildman–Crippen MR) is 112 cm³/mol. The lowest BCUT2D eigenvalue weighted by molar-refractivity contribution is -0.121. The minimum Gasteiger partial charge on any atom is -0.454 e. The van der Waals surface area contributed by atoms with Gasteiger partial charge in [-0.25, -0.2) is 9.55 Å². The maximum Gasteiger partial charge on any atom is 0.257 e. The van der Waals surface area contributed by atoms with Crippen LogP contribution in [0.15, 0.2) is 42.5 Å². The summed E-state index contributed by atoms with van der Waals surface area (Å²) in [5, 5.41) is 6.93. The molecule has 8 nitrogen and oxygen atoms in total. The van der Waals surface area contributed by atoms with Crippen LogP contribution in [0.2, 0.25) is 0 Å². The summed E-state index contributed by atoms with van der Waals surface area (Å²) in [4.78, 5) is 29.5. The van der Waals surface area contributed by atoms with Gasteiger partial charge in [-0.15, -0.1) is 0 Å². The molecule has 2 aliphatic heterocycles. The van der Waals surface area contributed by atoms with E-state index in [9.17, 15) is 9.59 Å². The predicted octanol–water partition coefficient (Wildman–Crippen LogP) is 3.03. The van der Waals surface area contributed by atoms with Gasteiger partial charge in [-0.3, -0.25) is 9.59 Å². The number of amides is 1. The number of benzene rings is 2. The van der Waals surface area contributed by atoms with Crippen LogP contribution in [0, 0.1) is 4.77 Å². The van der Waals surface area contributed by atoms with Crippen molar-refractivity contribution in [2.24, 2.45) is 0 Å². The summed E-state index contributed by atoms with van der Waals surface area (Å²) in [7, 11) is 0. The van der Waals surface area contributed by atoms with Crippen molar-refractivity contribution < 1.29 is 19.1 Å². The molecule has 9 heteroatoms. The zero-order chi connectivity index (χ0) is 20.7. The first-order valence-electron chi connectivity index (χ1n) is 9.58. The Morgan fingerprint density at radius 3 is 2.97 bits per heavy atom. The maximum atomic E-state index is 12.8. The maximum absolute atomic E-state index is 12.8. The second-order valence-corrected chi connectivity index (χ2v) is 7.50. The summed E-state index contributed by atoms with van der Waals surface area (Å²) in [6.45, 7) is 0.589. The zero-order valence-corrected chi connectivity index (χ0v) is 16.7. The number of carbonyl (C=O) groups excluding carboxylic acids is 2. The molecule has 1 amide bonds. The van der Waals surface area contributed by atoms with Gasteiger partial charge in [0, 0.05) is 18.4 Å². The van der Waals surface area contributed by atoms with Crippen LogP contribution in [-0.2, 0) is 11.3 Å². The minimum absolute atomic E-state index is 0.134. The van der Waals surface area contributed by atoms with Gasteiger partial charge in [0.05, 0.1) is 5.52 Å². The van der Waals surface area contributed by atoms with Crippen LogP contribution in [0.4, 0.5) is 5.82 Å². The fourth-order valence-corrected chi connectivity index (χ4v) is 3.96. The van der Waals surface area contributed by atoms with E-state index >= 15 is 0 Å². The molecule has 0 aliphatic carbocycles. The van der Waals surface area contributed by atoms with Crippen LogP contribution in [0.25, 0.3) is 10.9 Å². The Morgan fingerprint density at radius 2 is 2.07 bits per heavy atom. The lowest BCUT2D eigenvalue weighted by Crippen LogP contribution is -2.29. The van der Waals surface area contributed by atoms with Crippen molar-refractivity contribution in [3.05, 3.63) is 52.8 Å². The number of anilines is 1. The molecule has 2 aliphatic rings. The van der Waals surface area contributed by atoms with E-state index in [1.807, 2.05) is 42.5 Å². The van der Waals surface area contributed by atoms with E-state index in [-0.39, 0.29) is 29.8 Å². The Hall–Kier alpha value is -3.46. The van der Waals surface area contributed by atoms with Crippen LogP contribution >= 0.6 is 12.2 Å². The number of carbonyl (C=O) groups is 2. The van der Waals surface area contributed by atoms with E-state index in [1.54, 1.807) is 0 Å². The van der Waals surface area contributed by atoms with Crippen molar-refractivity contribution in [2.75, 3.05) is 12.1 Å². The molecule has 5 rings (SSSR count). The van der Waals surface area contributed by atoms with Gasteiger partial charge in [0.15, 0.2) is 11.5 Å². The summed E-state index contributed by atoms with van der Waals surface area (Å²) in [6, 6.07) is 12.5. The number of para-hydroxylation sites is 1. The molecule has 1 atom stereocenters. The molecule has 0 radical (unpaired) electrons. The van der Waals surface area contributed by atoms with Gasteiger partial charge in [0.1, 0.15) is 11.9 Å². The molecule has 0 bridgehead atoms. The summed E-state index contributed by atoms with van der Waals surface area (Å²) in [5.74, 6) is 1.71. The van der Waals surface area contributed by atoms with Crippen molar-refractivity contribution in [3.63, 3.8) is 0 Å². The van der Waals surface area contributed by atoms with Gasteiger partial charge in [-0.05, 0) is 48.5 Å². The topological polar surface area (TPSA) is 94.5 Å². The molecule has 0 spiro atoms. The monoisotopic (exact) mass is 422 g/mol. The third-order valence-corrected chi connectivity index (χ3v) is 5.48. The first-order chi connectivity index (χ1) is 14.6. The Bertz CT molecular complexity index is 1240. The van der Waals surface area contributed by atoms with Crippen molar-refractivity contribution >= 4 is 40.8 Å². The van der Waals surface area contributed by atoms with Crippen molar-refractivity contribution in [1.82, 2.24) is 14.9 Å². The van der Waals surface area contributed by atoms with E-state index < -0.39 is 6.04 Å². The first kappa shape index (κ1) is 18.6. The Morgan fingerprint density at radius 1 is 1.23 bits per heavy atom. The highest BCUT2D eigenvalue weighted by Crippen LogP contribution is 2.32. The van der Waals surface area contributed by atoms with E-state index in [4.69, 9.17) is 21.7 Å².